The molecule has 0 aliphatic carbocycles. The van der Waals surface area contributed by atoms with E-state index in [0.29, 0.717) is 5.56 Å². The number of sulfone groups is 1. The van der Waals surface area contributed by atoms with E-state index in [2.05, 4.69) is 5.32 Å². The number of esters is 1. The van der Waals surface area contributed by atoms with Crippen molar-refractivity contribution in [3.63, 3.8) is 0 Å². The largest absolute Gasteiger partial charge is 0.452 e. The molecule has 28 heavy (non-hydrogen) atoms. The molecule has 1 amide bonds. The van der Waals surface area contributed by atoms with Crippen molar-refractivity contribution in [2.24, 2.45) is 0 Å². The highest BCUT2D eigenvalue weighted by Gasteiger charge is 2.30. The number of amides is 1. The van der Waals surface area contributed by atoms with E-state index in [0.717, 1.165) is 30.5 Å². The molecule has 2 aromatic carbocycles. The normalized spacial score (nSPS) is 11.8. The molecule has 1 N–H and O–H groups in total. The van der Waals surface area contributed by atoms with Crippen molar-refractivity contribution in [1.29, 1.82) is 0 Å². The average molecular weight is 415 g/mol. The number of rotatable bonds is 5. The number of hydrogen-bond acceptors (Lipinski definition) is 5. The van der Waals surface area contributed by atoms with Gasteiger partial charge in [-0.3, -0.25) is 4.79 Å². The second-order valence-electron chi connectivity index (χ2n) is 5.95. The molecule has 0 aromatic heterocycles. The third-order valence-corrected chi connectivity index (χ3v) is 4.78. The minimum absolute atomic E-state index is 0.0326. The second-order valence-corrected chi connectivity index (χ2v) is 7.97. The molecule has 2 aromatic rings. The molecule has 10 heteroatoms. The van der Waals surface area contributed by atoms with Gasteiger partial charge in [0, 0.05) is 11.9 Å². The van der Waals surface area contributed by atoms with Gasteiger partial charge in [-0.15, -0.1) is 0 Å². The van der Waals surface area contributed by atoms with E-state index < -0.39 is 40.1 Å². The zero-order valence-corrected chi connectivity index (χ0v) is 15.6. The third kappa shape index (κ3) is 5.56. The Bertz CT molecular complexity index is 1020. The van der Waals surface area contributed by atoms with E-state index in [4.69, 9.17) is 4.74 Å². The van der Waals surface area contributed by atoms with E-state index in [1.807, 2.05) is 0 Å². The lowest BCUT2D eigenvalue weighted by Crippen LogP contribution is -2.21. The summed E-state index contributed by atoms with van der Waals surface area (Å²) in [7, 11) is -3.54. The maximum absolute atomic E-state index is 12.7. The van der Waals surface area contributed by atoms with Crippen molar-refractivity contribution in [3.05, 3.63) is 59.2 Å². The van der Waals surface area contributed by atoms with Crippen molar-refractivity contribution in [3.8, 4) is 0 Å². The number of nitrogens with one attached hydrogen (secondary N) is 1. The summed E-state index contributed by atoms with van der Waals surface area (Å²) in [5, 5.41) is 2.20. The van der Waals surface area contributed by atoms with Crippen molar-refractivity contribution >= 4 is 27.4 Å². The van der Waals surface area contributed by atoms with Gasteiger partial charge in [0.05, 0.1) is 16.0 Å². The van der Waals surface area contributed by atoms with Gasteiger partial charge in [0.2, 0.25) is 0 Å². The lowest BCUT2D eigenvalue weighted by molar-refractivity contribution is -0.137. The van der Waals surface area contributed by atoms with Gasteiger partial charge in [-0.25, -0.2) is 13.2 Å². The first kappa shape index (κ1) is 21.4. The van der Waals surface area contributed by atoms with Crippen LogP contribution in [0.4, 0.5) is 18.9 Å². The van der Waals surface area contributed by atoms with Crippen LogP contribution in [0.5, 0.6) is 0 Å². The van der Waals surface area contributed by atoms with Gasteiger partial charge in [-0.05, 0) is 42.8 Å². The summed E-state index contributed by atoms with van der Waals surface area (Å²) >= 11 is 0. The SMILES string of the molecule is Cc1ccc(S(C)(=O)=O)cc1C(=O)OCC(=O)Nc1cccc(C(F)(F)F)c1. The third-order valence-electron chi connectivity index (χ3n) is 3.67. The first-order valence-corrected chi connectivity index (χ1v) is 9.72. The van der Waals surface area contributed by atoms with Crippen LogP contribution in [-0.2, 0) is 25.5 Å². The highest BCUT2D eigenvalue weighted by molar-refractivity contribution is 7.90. The van der Waals surface area contributed by atoms with Crippen LogP contribution in [-0.4, -0.2) is 33.2 Å². The molecule has 0 bridgehead atoms. The molecular formula is C18H16F3NO5S. The Morgan fingerprint density at radius 2 is 1.79 bits per heavy atom. The van der Waals surface area contributed by atoms with Gasteiger partial charge in [0.25, 0.3) is 5.91 Å². The summed E-state index contributed by atoms with van der Waals surface area (Å²) in [5.74, 6) is -1.77. The lowest BCUT2D eigenvalue weighted by Gasteiger charge is -2.11. The predicted octanol–water partition coefficient (Wildman–Crippen LogP) is 3.21. The molecule has 0 spiro atoms. The van der Waals surface area contributed by atoms with Crippen LogP contribution in [0.2, 0.25) is 0 Å². The van der Waals surface area contributed by atoms with Gasteiger partial charge in [-0.2, -0.15) is 13.2 Å². The van der Waals surface area contributed by atoms with Crippen LogP contribution in [0.3, 0.4) is 0 Å². The number of benzene rings is 2. The molecule has 0 aliphatic heterocycles. The lowest BCUT2D eigenvalue weighted by atomic mass is 10.1. The van der Waals surface area contributed by atoms with Crippen molar-refractivity contribution in [2.75, 3.05) is 18.2 Å². The van der Waals surface area contributed by atoms with Crippen LogP contribution in [0.15, 0.2) is 47.4 Å². The number of anilines is 1. The fraction of sp³-hybridized carbons (Fsp3) is 0.222. The monoisotopic (exact) mass is 415 g/mol. The van der Waals surface area contributed by atoms with Gasteiger partial charge in [-0.1, -0.05) is 12.1 Å². The minimum Gasteiger partial charge on any atom is -0.452 e. The Morgan fingerprint density at radius 3 is 2.39 bits per heavy atom. The number of carbonyl (C=O) groups excluding carboxylic acids is 2. The smallest absolute Gasteiger partial charge is 0.416 e. The first-order valence-electron chi connectivity index (χ1n) is 7.83. The molecule has 2 rings (SSSR count). The molecule has 150 valence electrons. The van der Waals surface area contributed by atoms with Crippen LogP contribution >= 0.6 is 0 Å². The Kier molecular flexibility index (Phi) is 6.13. The number of carbonyl (C=O) groups is 2. The van der Waals surface area contributed by atoms with Crippen molar-refractivity contribution in [1.82, 2.24) is 0 Å². The van der Waals surface area contributed by atoms with Crippen LogP contribution in [0.1, 0.15) is 21.5 Å². The van der Waals surface area contributed by atoms with E-state index in [-0.39, 0.29) is 16.1 Å². The number of halogens is 3. The van der Waals surface area contributed by atoms with E-state index in [9.17, 15) is 31.2 Å². The standard InChI is InChI=1S/C18H16F3NO5S/c1-11-6-7-14(28(2,25)26)9-15(11)17(24)27-10-16(23)22-13-5-3-4-12(8-13)18(19,20)21/h3-9H,10H2,1-2H3,(H,22,23). The maximum Gasteiger partial charge on any atom is 0.416 e. The summed E-state index contributed by atoms with van der Waals surface area (Å²) in [6, 6.07) is 7.89. The number of alkyl halides is 3. The minimum atomic E-state index is -4.56. The van der Waals surface area contributed by atoms with Gasteiger partial charge in [0.1, 0.15) is 0 Å². The first-order chi connectivity index (χ1) is 12.9. The Labute approximate surface area is 159 Å². The molecule has 6 nitrogen and oxygen atoms in total. The Balaban J connectivity index is 2.05. The fourth-order valence-corrected chi connectivity index (χ4v) is 2.88. The number of ether oxygens (including phenoxy) is 1. The summed E-state index contributed by atoms with van der Waals surface area (Å²) in [6.07, 6.45) is -3.58. The molecule has 0 radical (unpaired) electrons. The quantitative estimate of drug-likeness (QED) is 0.758. The predicted molar refractivity (Wildman–Crippen MR) is 94.6 cm³/mol. The van der Waals surface area contributed by atoms with E-state index in [1.54, 1.807) is 6.92 Å². The van der Waals surface area contributed by atoms with Crippen LogP contribution in [0, 0.1) is 6.92 Å². The zero-order valence-electron chi connectivity index (χ0n) is 14.8. The summed E-state index contributed by atoms with van der Waals surface area (Å²) < 4.78 is 66.0. The topological polar surface area (TPSA) is 89.5 Å². The highest BCUT2D eigenvalue weighted by Crippen LogP contribution is 2.30. The van der Waals surface area contributed by atoms with Crippen LogP contribution < -0.4 is 5.32 Å². The fourth-order valence-electron chi connectivity index (χ4n) is 2.23. The maximum atomic E-state index is 12.7. The summed E-state index contributed by atoms with van der Waals surface area (Å²) in [4.78, 5) is 23.9. The molecule has 0 saturated heterocycles. The van der Waals surface area contributed by atoms with Crippen LogP contribution in [0.25, 0.3) is 0 Å². The molecule has 0 atom stereocenters. The summed E-state index contributed by atoms with van der Waals surface area (Å²) in [6.45, 7) is 0.809. The van der Waals surface area contributed by atoms with Gasteiger partial charge in [0.15, 0.2) is 16.4 Å². The molecule has 0 saturated carbocycles. The molecule has 0 heterocycles. The Hall–Kier alpha value is -2.88. The molecule has 0 unspecified atom stereocenters. The molecule has 0 aliphatic rings. The Morgan fingerprint density at radius 1 is 1.11 bits per heavy atom. The van der Waals surface area contributed by atoms with Crippen molar-refractivity contribution in [2.45, 2.75) is 18.0 Å². The molecular weight excluding hydrogens is 399 g/mol. The summed E-state index contributed by atoms with van der Waals surface area (Å²) in [5.41, 5.74) is -0.632. The second kappa shape index (κ2) is 8.01. The molecule has 0 fully saturated rings. The van der Waals surface area contributed by atoms with E-state index >= 15 is 0 Å². The number of aryl methyl sites for hydroxylation is 1. The zero-order chi connectivity index (χ0) is 21.1. The highest BCUT2D eigenvalue weighted by atomic mass is 32.2. The van der Waals surface area contributed by atoms with Crippen molar-refractivity contribution < 1.29 is 35.9 Å². The number of hydrogen-bond donors (Lipinski definition) is 1. The average Bonchev–Trinajstić information content (AvgIpc) is 2.58. The van der Waals surface area contributed by atoms with E-state index in [1.165, 1.54) is 18.2 Å². The van der Waals surface area contributed by atoms with Gasteiger partial charge >= 0.3 is 12.1 Å². The van der Waals surface area contributed by atoms with Gasteiger partial charge < -0.3 is 10.1 Å².